The molecule has 0 spiro atoms. The zero-order valence-corrected chi connectivity index (χ0v) is 18.7. The number of furan rings is 1. The third kappa shape index (κ3) is 5.71. The first-order chi connectivity index (χ1) is 16.0. The van der Waals surface area contributed by atoms with Crippen LogP contribution >= 0.6 is 23.2 Å². The van der Waals surface area contributed by atoms with Crippen LogP contribution in [0.15, 0.2) is 95.4 Å². The summed E-state index contributed by atoms with van der Waals surface area (Å²) in [7, 11) is 0. The highest BCUT2D eigenvalue weighted by atomic mass is 35.5. The Morgan fingerprint density at radius 2 is 1.45 bits per heavy atom. The zero-order valence-electron chi connectivity index (χ0n) is 17.2. The number of benzene rings is 3. The Kier molecular flexibility index (Phi) is 6.93. The largest absolute Gasteiger partial charge is 0.457 e. The lowest BCUT2D eigenvalue weighted by atomic mass is 10.2. The van der Waals surface area contributed by atoms with E-state index in [0.29, 0.717) is 44.1 Å². The predicted molar refractivity (Wildman–Crippen MR) is 133 cm³/mol. The molecule has 0 unspecified atom stereocenters. The molecule has 0 fully saturated rings. The number of nitrogens with one attached hydrogen (secondary N) is 2. The Bertz CT molecular complexity index is 1310. The van der Waals surface area contributed by atoms with Gasteiger partial charge in [-0.2, -0.15) is 0 Å². The summed E-state index contributed by atoms with van der Waals surface area (Å²) in [5.74, 6) is 0.521. The lowest BCUT2D eigenvalue weighted by Gasteiger charge is -2.07. The van der Waals surface area contributed by atoms with Crippen LogP contribution in [-0.2, 0) is 4.79 Å². The lowest BCUT2D eigenvalue weighted by molar-refractivity contribution is -0.111. The number of carbonyl (C=O) groups excluding carboxylic acids is 2. The highest BCUT2D eigenvalue weighted by molar-refractivity contribution is 6.43. The molecule has 2 N–H and O–H groups in total. The van der Waals surface area contributed by atoms with E-state index in [9.17, 15) is 9.59 Å². The van der Waals surface area contributed by atoms with Crippen LogP contribution in [0.1, 0.15) is 16.1 Å². The van der Waals surface area contributed by atoms with Crippen molar-refractivity contribution in [3.8, 4) is 11.3 Å². The van der Waals surface area contributed by atoms with E-state index >= 15 is 0 Å². The van der Waals surface area contributed by atoms with Gasteiger partial charge in [-0.3, -0.25) is 9.59 Å². The molecule has 0 saturated carbocycles. The van der Waals surface area contributed by atoms with Crippen LogP contribution in [0.5, 0.6) is 0 Å². The van der Waals surface area contributed by atoms with Gasteiger partial charge < -0.3 is 15.1 Å². The van der Waals surface area contributed by atoms with Crippen LogP contribution in [0.4, 0.5) is 11.4 Å². The average molecular weight is 477 g/mol. The number of carbonyl (C=O) groups is 2. The molecule has 33 heavy (non-hydrogen) atoms. The summed E-state index contributed by atoms with van der Waals surface area (Å²) < 4.78 is 5.75. The van der Waals surface area contributed by atoms with Gasteiger partial charge in [-0.25, -0.2) is 0 Å². The van der Waals surface area contributed by atoms with Gasteiger partial charge in [0, 0.05) is 28.6 Å². The Morgan fingerprint density at radius 1 is 0.758 bits per heavy atom. The van der Waals surface area contributed by atoms with Crippen molar-refractivity contribution in [2.24, 2.45) is 0 Å². The standard InChI is InChI=1S/C26H18Cl2N2O3/c27-22-8-4-7-21(25(22)28)23-15-13-20(33-23)14-16-24(31)29-18-9-11-19(12-10-18)30-26(32)17-5-2-1-3-6-17/h1-16H,(H,29,31)(H,30,32). The van der Waals surface area contributed by atoms with Crippen LogP contribution in [0.3, 0.4) is 0 Å². The van der Waals surface area contributed by atoms with E-state index in [1.807, 2.05) is 6.07 Å². The molecular weight excluding hydrogens is 459 g/mol. The van der Waals surface area contributed by atoms with Gasteiger partial charge in [0.2, 0.25) is 5.91 Å². The molecule has 0 radical (unpaired) electrons. The van der Waals surface area contributed by atoms with Gasteiger partial charge in [-0.15, -0.1) is 0 Å². The van der Waals surface area contributed by atoms with Gasteiger partial charge in [0.25, 0.3) is 5.91 Å². The zero-order chi connectivity index (χ0) is 23.2. The number of halogens is 2. The predicted octanol–water partition coefficient (Wildman–Crippen LogP) is 7.16. The number of hydrogen-bond donors (Lipinski definition) is 2. The molecule has 1 heterocycles. The highest BCUT2D eigenvalue weighted by Gasteiger charge is 2.10. The molecule has 2 amide bonds. The molecule has 0 bridgehead atoms. The molecule has 0 aliphatic heterocycles. The SMILES string of the molecule is O=C(C=Cc1ccc(-c2cccc(Cl)c2Cl)o1)Nc1ccc(NC(=O)c2ccccc2)cc1. The molecule has 1 aromatic heterocycles. The summed E-state index contributed by atoms with van der Waals surface area (Å²) in [6, 6.07) is 24.6. The van der Waals surface area contributed by atoms with Gasteiger partial charge >= 0.3 is 0 Å². The first-order valence-electron chi connectivity index (χ1n) is 9.99. The molecule has 7 heteroatoms. The van der Waals surface area contributed by atoms with Gasteiger partial charge in [0.05, 0.1) is 10.0 Å². The smallest absolute Gasteiger partial charge is 0.255 e. The van der Waals surface area contributed by atoms with E-state index in [1.54, 1.807) is 84.9 Å². The Morgan fingerprint density at radius 3 is 2.18 bits per heavy atom. The average Bonchev–Trinajstić information content (AvgIpc) is 3.30. The number of amides is 2. The van der Waals surface area contributed by atoms with Gasteiger partial charge in [0.1, 0.15) is 11.5 Å². The van der Waals surface area contributed by atoms with Crippen LogP contribution in [0.25, 0.3) is 17.4 Å². The second kappa shape index (κ2) is 10.2. The summed E-state index contributed by atoms with van der Waals surface area (Å²) in [5, 5.41) is 6.42. The van der Waals surface area contributed by atoms with Crippen LogP contribution < -0.4 is 10.6 Å². The Balaban J connectivity index is 1.35. The van der Waals surface area contributed by atoms with Gasteiger partial charge in [0.15, 0.2) is 0 Å². The summed E-state index contributed by atoms with van der Waals surface area (Å²) in [4.78, 5) is 24.5. The molecule has 4 rings (SSSR count). The quantitative estimate of drug-likeness (QED) is 0.290. The minimum Gasteiger partial charge on any atom is -0.457 e. The molecule has 3 aromatic carbocycles. The van der Waals surface area contributed by atoms with Gasteiger partial charge in [-0.1, -0.05) is 47.5 Å². The summed E-state index contributed by atoms with van der Waals surface area (Å²) in [6.07, 6.45) is 2.93. The van der Waals surface area contributed by atoms with Crippen molar-refractivity contribution < 1.29 is 14.0 Å². The van der Waals surface area contributed by atoms with Gasteiger partial charge in [-0.05, 0) is 66.7 Å². The molecule has 164 valence electrons. The fraction of sp³-hybridized carbons (Fsp3) is 0. The van der Waals surface area contributed by atoms with E-state index in [-0.39, 0.29) is 11.8 Å². The first kappa shape index (κ1) is 22.4. The monoisotopic (exact) mass is 476 g/mol. The summed E-state index contributed by atoms with van der Waals surface area (Å²) >= 11 is 12.3. The molecule has 0 atom stereocenters. The molecule has 5 nitrogen and oxygen atoms in total. The van der Waals surface area contributed by atoms with Crippen molar-refractivity contribution in [1.82, 2.24) is 0 Å². The lowest BCUT2D eigenvalue weighted by Crippen LogP contribution is -2.12. The first-order valence-corrected chi connectivity index (χ1v) is 10.7. The highest BCUT2D eigenvalue weighted by Crippen LogP contribution is 2.34. The normalized spacial score (nSPS) is 10.8. The third-order valence-electron chi connectivity index (χ3n) is 4.69. The van der Waals surface area contributed by atoms with E-state index in [4.69, 9.17) is 27.6 Å². The van der Waals surface area contributed by atoms with Crippen LogP contribution in [0, 0.1) is 0 Å². The number of rotatable bonds is 6. The van der Waals surface area contributed by atoms with Crippen molar-refractivity contribution in [3.05, 3.63) is 112 Å². The third-order valence-corrected chi connectivity index (χ3v) is 5.51. The van der Waals surface area contributed by atoms with Crippen molar-refractivity contribution >= 4 is 52.5 Å². The van der Waals surface area contributed by atoms with E-state index in [1.165, 1.54) is 6.08 Å². The molecule has 0 saturated heterocycles. The van der Waals surface area contributed by atoms with Crippen LogP contribution in [-0.4, -0.2) is 11.8 Å². The maximum Gasteiger partial charge on any atom is 0.255 e. The van der Waals surface area contributed by atoms with E-state index < -0.39 is 0 Å². The second-order valence-electron chi connectivity index (χ2n) is 7.02. The molecule has 0 aliphatic carbocycles. The van der Waals surface area contributed by atoms with E-state index in [2.05, 4.69) is 10.6 Å². The number of hydrogen-bond acceptors (Lipinski definition) is 3. The summed E-state index contributed by atoms with van der Waals surface area (Å²) in [6.45, 7) is 0. The van der Waals surface area contributed by atoms with Crippen molar-refractivity contribution in [3.63, 3.8) is 0 Å². The van der Waals surface area contributed by atoms with E-state index in [0.717, 1.165) is 0 Å². The Hall–Kier alpha value is -3.80. The molecule has 0 aliphatic rings. The molecule has 4 aromatic rings. The molecular formula is C26H18Cl2N2O3. The maximum absolute atomic E-state index is 12.3. The summed E-state index contributed by atoms with van der Waals surface area (Å²) in [5.41, 5.74) is 2.46. The minimum atomic E-state index is -0.324. The van der Waals surface area contributed by atoms with Crippen molar-refractivity contribution in [2.75, 3.05) is 10.6 Å². The fourth-order valence-electron chi connectivity index (χ4n) is 3.05. The number of anilines is 2. The topological polar surface area (TPSA) is 71.3 Å². The Labute approximate surface area is 200 Å². The minimum absolute atomic E-state index is 0.202. The van der Waals surface area contributed by atoms with Crippen molar-refractivity contribution in [1.29, 1.82) is 0 Å². The van der Waals surface area contributed by atoms with Crippen LogP contribution in [0.2, 0.25) is 10.0 Å². The maximum atomic E-state index is 12.3. The second-order valence-corrected chi connectivity index (χ2v) is 7.81. The van der Waals surface area contributed by atoms with Crippen molar-refractivity contribution in [2.45, 2.75) is 0 Å². The fourth-order valence-corrected chi connectivity index (χ4v) is 3.45.